The Bertz CT molecular complexity index is 785. The minimum Gasteiger partial charge on any atom is -0.268 e. The lowest BCUT2D eigenvalue weighted by molar-refractivity contribution is -0.113. The molecule has 0 radical (unpaired) electrons. The third kappa shape index (κ3) is 2.67. The molecule has 1 aromatic heterocycles. The second-order valence-corrected chi connectivity index (χ2v) is 6.05. The summed E-state index contributed by atoms with van der Waals surface area (Å²) in [5.41, 5.74) is 3.30. The molecule has 2 amide bonds. The summed E-state index contributed by atoms with van der Waals surface area (Å²) in [7, 11) is 0. The quantitative estimate of drug-likeness (QED) is 0.788. The van der Waals surface area contributed by atoms with Gasteiger partial charge >= 0.3 is 0 Å². The number of carbonyl (C=O) groups excluding carboxylic acids is 2. The van der Waals surface area contributed by atoms with Gasteiger partial charge in [-0.15, -0.1) is 0 Å². The summed E-state index contributed by atoms with van der Waals surface area (Å²) < 4.78 is 0. The van der Waals surface area contributed by atoms with E-state index in [9.17, 15) is 9.59 Å². The SMILES string of the molecule is Cc1ccc(N2C(=O)S/C(=C\c3ccccn3)C2=O)c(C)c1. The molecule has 5 heteroatoms. The highest BCUT2D eigenvalue weighted by Gasteiger charge is 2.36. The highest BCUT2D eigenvalue weighted by Crippen LogP contribution is 2.36. The minimum atomic E-state index is -0.299. The number of carbonyl (C=O) groups is 2. The molecule has 1 fully saturated rings. The summed E-state index contributed by atoms with van der Waals surface area (Å²) in [6, 6.07) is 11.1. The lowest BCUT2D eigenvalue weighted by Crippen LogP contribution is -2.28. The van der Waals surface area contributed by atoms with Gasteiger partial charge in [-0.3, -0.25) is 14.6 Å². The van der Waals surface area contributed by atoms with E-state index in [1.165, 1.54) is 4.90 Å². The number of aromatic nitrogens is 1. The highest BCUT2D eigenvalue weighted by molar-refractivity contribution is 8.19. The Labute approximate surface area is 132 Å². The molecule has 2 heterocycles. The number of rotatable bonds is 2. The number of amides is 2. The van der Waals surface area contributed by atoms with Gasteiger partial charge in [-0.1, -0.05) is 23.8 Å². The van der Waals surface area contributed by atoms with Crippen molar-refractivity contribution in [1.82, 2.24) is 4.98 Å². The molecule has 22 heavy (non-hydrogen) atoms. The second-order valence-electron chi connectivity index (χ2n) is 5.06. The summed E-state index contributed by atoms with van der Waals surface area (Å²) in [6.45, 7) is 3.87. The molecule has 4 nitrogen and oxygen atoms in total. The van der Waals surface area contributed by atoms with Crippen molar-refractivity contribution in [2.45, 2.75) is 13.8 Å². The molecule has 1 aliphatic rings. The van der Waals surface area contributed by atoms with Crippen LogP contribution in [0.1, 0.15) is 16.8 Å². The normalized spacial score (nSPS) is 16.6. The van der Waals surface area contributed by atoms with Gasteiger partial charge in [-0.2, -0.15) is 0 Å². The second kappa shape index (κ2) is 5.77. The Morgan fingerprint density at radius 3 is 2.64 bits per heavy atom. The third-order valence-corrected chi connectivity index (χ3v) is 4.22. The van der Waals surface area contributed by atoms with E-state index in [0.29, 0.717) is 16.3 Å². The predicted octanol–water partition coefficient (Wildman–Crippen LogP) is 3.94. The van der Waals surface area contributed by atoms with Crippen LogP contribution in [0.5, 0.6) is 0 Å². The van der Waals surface area contributed by atoms with E-state index in [4.69, 9.17) is 0 Å². The molecule has 0 unspecified atom stereocenters. The largest absolute Gasteiger partial charge is 0.298 e. The number of thioether (sulfide) groups is 1. The summed E-state index contributed by atoms with van der Waals surface area (Å²) in [5, 5.41) is -0.279. The zero-order chi connectivity index (χ0) is 15.7. The van der Waals surface area contributed by atoms with Crippen LogP contribution in [-0.2, 0) is 4.79 Å². The van der Waals surface area contributed by atoms with E-state index in [1.54, 1.807) is 24.4 Å². The summed E-state index contributed by atoms with van der Waals surface area (Å²) in [5.74, 6) is -0.299. The summed E-state index contributed by atoms with van der Waals surface area (Å²) in [6.07, 6.45) is 3.30. The Hall–Kier alpha value is -2.40. The molecule has 0 atom stereocenters. The zero-order valence-corrected chi connectivity index (χ0v) is 13.1. The number of nitrogens with zero attached hydrogens (tertiary/aromatic N) is 2. The summed E-state index contributed by atoms with van der Waals surface area (Å²) >= 11 is 0.943. The maximum absolute atomic E-state index is 12.5. The van der Waals surface area contributed by atoms with Gasteiger partial charge in [0, 0.05) is 6.20 Å². The van der Waals surface area contributed by atoms with Crippen LogP contribution in [0.2, 0.25) is 0 Å². The molecule has 0 N–H and O–H groups in total. The molecule has 1 saturated heterocycles. The van der Waals surface area contributed by atoms with Crippen molar-refractivity contribution in [2.24, 2.45) is 0 Å². The first-order valence-electron chi connectivity index (χ1n) is 6.82. The Morgan fingerprint density at radius 2 is 1.95 bits per heavy atom. The van der Waals surface area contributed by atoms with E-state index >= 15 is 0 Å². The predicted molar refractivity (Wildman–Crippen MR) is 88.6 cm³/mol. The number of benzene rings is 1. The molecule has 110 valence electrons. The first kappa shape index (κ1) is 14.5. The molecular formula is C17H14N2O2S. The van der Waals surface area contributed by atoms with Gasteiger partial charge in [0.1, 0.15) is 0 Å². The minimum absolute atomic E-state index is 0.279. The zero-order valence-electron chi connectivity index (χ0n) is 12.2. The van der Waals surface area contributed by atoms with Crippen molar-refractivity contribution >= 4 is 34.7 Å². The van der Waals surface area contributed by atoms with Crippen molar-refractivity contribution in [2.75, 3.05) is 4.90 Å². The van der Waals surface area contributed by atoms with Crippen LogP contribution < -0.4 is 4.90 Å². The number of aryl methyl sites for hydroxylation is 2. The van der Waals surface area contributed by atoms with Gasteiger partial charge in [0.15, 0.2) is 0 Å². The van der Waals surface area contributed by atoms with Crippen LogP contribution in [0, 0.1) is 13.8 Å². The van der Waals surface area contributed by atoms with Crippen molar-refractivity contribution in [3.05, 3.63) is 64.3 Å². The van der Waals surface area contributed by atoms with Crippen molar-refractivity contribution < 1.29 is 9.59 Å². The van der Waals surface area contributed by atoms with Crippen LogP contribution in [0.3, 0.4) is 0 Å². The number of pyridine rings is 1. The first-order valence-corrected chi connectivity index (χ1v) is 7.64. The number of anilines is 1. The molecule has 1 aliphatic heterocycles. The number of imide groups is 1. The Balaban J connectivity index is 1.97. The van der Waals surface area contributed by atoms with Gasteiger partial charge in [0.2, 0.25) is 0 Å². The van der Waals surface area contributed by atoms with E-state index in [-0.39, 0.29) is 11.1 Å². The standard InChI is InChI=1S/C17H14N2O2S/c1-11-6-7-14(12(2)9-11)19-16(20)15(22-17(19)21)10-13-5-3-4-8-18-13/h3-10H,1-2H3/b15-10-. The van der Waals surface area contributed by atoms with Gasteiger partial charge in [0.05, 0.1) is 16.3 Å². The van der Waals surface area contributed by atoms with E-state index < -0.39 is 0 Å². The molecular weight excluding hydrogens is 296 g/mol. The topological polar surface area (TPSA) is 50.3 Å². The first-order chi connectivity index (χ1) is 10.6. The van der Waals surface area contributed by atoms with Gasteiger partial charge in [0.25, 0.3) is 11.1 Å². The Morgan fingerprint density at radius 1 is 1.14 bits per heavy atom. The van der Waals surface area contributed by atoms with Gasteiger partial charge in [-0.05, 0) is 55.4 Å². The average molecular weight is 310 g/mol. The fraction of sp³-hybridized carbons (Fsp3) is 0.118. The lowest BCUT2D eigenvalue weighted by Gasteiger charge is -2.15. The van der Waals surface area contributed by atoms with E-state index in [1.807, 2.05) is 38.1 Å². The highest BCUT2D eigenvalue weighted by atomic mass is 32.2. The molecule has 0 bridgehead atoms. The van der Waals surface area contributed by atoms with Crippen LogP contribution in [0.4, 0.5) is 10.5 Å². The van der Waals surface area contributed by atoms with Crippen molar-refractivity contribution in [1.29, 1.82) is 0 Å². The van der Waals surface area contributed by atoms with E-state index in [2.05, 4.69) is 4.98 Å². The van der Waals surface area contributed by atoms with Gasteiger partial charge in [-0.25, -0.2) is 4.90 Å². The molecule has 2 aromatic rings. The van der Waals surface area contributed by atoms with E-state index in [0.717, 1.165) is 22.9 Å². The molecule has 0 saturated carbocycles. The van der Waals surface area contributed by atoms with Crippen LogP contribution in [-0.4, -0.2) is 16.1 Å². The maximum Gasteiger partial charge on any atom is 0.298 e. The van der Waals surface area contributed by atoms with Crippen LogP contribution >= 0.6 is 11.8 Å². The van der Waals surface area contributed by atoms with Crippen molar-refractivity contribution in [3.63, 3.8) is 0 Å². The Kier molecular flexibility index (Phi) is 3.81. The van der Waals surface area contributed by atoms with Crippen LogP contribution in [0.15, 0.2) is 47.5 Å². The third-order valence-electron chi connectivity index (χ3n) is 3.35. The maximum atomic E-state index is 12.5. The molecule has 3 rings (SSSR count). The smallest absolute Gasteiger partial charge is 0.268 e. The number of hydrogen-bond donors (Lipinski definition) is 0. The lowest BCUT2D eigenvalue weighted by atomic mass is 10.1. The fourth-order valence-corrected chi connectivity index (χ4v) is 3.15. The fourth-order valence-electron chi connectivity index (χ4n) is 2.33. The monoisotopic (exact) mass is 310 g/mol. The number of hydrogen-bond acceptors (Lipinski definition) is 4. The summed E-state index contributed by atoms with van der Waals surface area (Å²) in [4.78, 5) is 30.6. The molecule has 1 aromatic carbocycles. The van der Waals surface area contributed by atoms with Crippen molar-refractivity contribution in [3.8, 4) is 0 Å². The van der Waals surface area contributed by atoms with Gasteiger partial charge < -0.3 is 0 Å². The average Bonchev–Trinajstić information content (AvgIpc) is 2.75. The molecule has 0 spiro atoms. The molecule has 0 aliphatic carbocycles. The van der Waals surface area contributed by atoms with Crippen LogP contribution in [0.25, 0.3) is 6.08 Å².